The fourth-order valence-corrected chi connectivity index (χ4v) is 6.53. The highest BCUT2D eigenvalue weighted by molar-refractivity contribution is 7.92. The fourth-order valence-electron chi connectivity index (χ4n) is 3.36. The molecule has 1 aromatic heterocycles. The van der Waals surface area contributed by atoms with Gasteiger partial charge in [-0.2, -0.15) is 0 Å². The Morgan fingerprint density at radius 3 is 2.34 bits per heavy atom. The summed E-state index contributed by atoms with van der Waals surface area (Å²) in [6.45, 7) is 0. The number of esters is 1. The lowest BCUT2D eigenvalue weighted by Crippen LogP contribution is -2.42. The van der Waals surface area contributed by atoms with Crippen LogP contribution in [0.5, 0.6) is 0 Å². The van der Waals surface area contributed by atoms with E-state index >= 15 is 0 Å². The third kappa shape index (κ3) is 3.97. The molecule has 11 heteroatoms. The second-order valence-electron chi connectivity index (χ2n) is 6.68. The van der Waals surface area contributed by atoms with Gasteiger partial charge in [-0.3, -0.25) is 0 Å². The first-order valence-corrected chi connectivity index (χ1v) is 12.0. The largest absolute Gasteiger partial charge is 0.593 e. The van der Waals surface area contributed by atoms with Crippen LogP contribution in [0, 0.1) is 5.21 Å². The summed E-state index contributed by atoms with van der Waals surface area (Å²) in [5, 5.41) is 13.9. The van der Waals surface area contributed by atoms with Crippen molar-refractivity contribution >= 4 is 25.6 Å². The maximum atomic E-state index is 12.9. The van der Waals surface area contributed by atoms with Crippen LogP contribution in [0.4, 0.5) is 0 Å². The maximum Gasteiger partial charge on any atom is 0.339 e. The number of hydrogen-bond donors (Lipinski definition) is 0. The van der Waals surface area contributed by atoms with Crippen LogP contribution in [0.3, 0.4) is 0 Å². The molecule has 0 radical (unpaired) electrons. The normalized spacial score (nSPS) is 15.8. The van der Waals surface area contributed by atoms with Gasteiger partial charge < -0.3 is 9.94 Å². The van der Waals surface area contributed by atoms with Gasteiger partial charge in [0.05, 0.1) is 22.8 Å². The van der Waals surface area contributed by atoms with E-state index in [9.17, 15) is 26.8 Å². The number of rotatable bonds is 5. The number of sulfone groups is 2. The number of nitrogens with zero attached hydrogens (tertiary/aromatic N) is 2. The molecular weight excluding hydrogens is 420 g/mol. The van der Waals surface area contributed by atoms with Gasteiger partial charge in [-0.1, -0.05) is 31.4 Å². The first-order valence-electron chi connectivity index (χ1n) is 8.97. The molecule has 0 unspecified atom stereocenters. The summed E-state index contributed by atoms with van der Waals surface area (Å²) in [5.41, 5.74) is -0.215. The number of methoxy groups -OCH3 is 1. The summed E-state index contributed by atoms with van der Waals surface area (Å²) in [6.07, 6.45) is 3.36. The molecular formula is C18H20N2O7S2. The van der Waals surface area contributed by atoms with Gasteiger partial charge in [0.2, 0.25) is 24.7 Å². The number of carbonyl (C=O) groups is 1. The molecule has 9 nitrogen and oxygen atoms in total. The second-order valence-corrected chi connectivity index (χ2v) is 10.7. The molecule has 0 atom stereocenters. The molecule has 1 heterocycles. The van der Waals surface area contributed by atoms with E-state index in [0.29, 0.717) is 12.8 Å². The van der Waals surface area contributed by atoms with E-state index < -0.39 is 40.9 Å². The molecule has 0 N–H and O–H groups in total. The lowest BCUT2D eigenvalue weighted by molar-refractivity contribution is -0.711. The van der Waals surface area contributed by atoms with Crippen LogP contribution in [0.1, 0.15) is 42.5 Å². The third-order valence-corrected chi connectivity index (χ3v) is 8.81. The van der Waals surface area contributed by atoms with Crippen LogP contribution in [-0.2, 0) is 24.4 Å². The second kappa shape index (κ2) is 8.07. The molecule has 3 rings (SSSR count). The average molecular weight is 440 g/mol. The van der Waals surface area contributed by atoms with E-state index in [-0.39, 0.29) is 15.3 Å². The predicted octanol–water partition coefficient (Wildman–Crippen LogP) is 1.44. The highest BCUT2D eigenvalue weighted by atomic mass is 32.2. The molecule has 0 aliphatic heterocycles. The molecule has 1 aliphatic carbocycles. The van der Waals surface area contributed by atoms with Crippen molar-refractivity contribution in [3.8, 4) is 0 Å². The Kier molecular flexibility index (Phi) is 5.90. The highest BCUT2D eigenvalue weighted by Gasteiger charge is 2.37. The van der Waals surface area contributed by atoms with Crippen LogP contribution in [-0.4, -0.2) is 40.3 Å². The summed E-state index contributed by atoms with van der Waals surface area (Å²) in [6, 6.07) is 7.25. The van der Waals surface area contributed by atoms with Gasteiger partial charge in [0.25, 0.3) is 0 Å². The van der Waals surface area contributed by atoms with E-state index in [1.807, 2.05) is 0 Å². The maximum absolute atomic E-state index is 12.9. The van der Waals surface area contributed by atoms with Crippen molar-refractivity contribution in [3.05, 3.63) is 47.2 Å². The summed E-state index contributed by atoms with van der Waals surface area (Å²) < 4.78 is 55.9. The number of benzene rings is 1. The molecule has 1 aliphatic rings. The number of ether oxygens (including phenoxy) is 1. The van der Waals surface area contributed by atoms with Crippen LogP contribution in [0.15, 0.2) is 51.3 Å². The van der Waals surface area contributed by atoms with Crippen molar-refractivity contribution in [1.82, 2.24) is 5.10 Å². The van der Waals surface area contributed by atoms with Gasteiger partial charge in [-0.25, -0.2) is 21.6 Å². The summed E-state index contributed by atoms with van der Waals surface area (Å²) in [7, 11) is -7.18. The minimum absolute atomic E-state index is 0.169. The fraction of sp³-hybridized carbons (Fsp3) is 0.389. The zero-order valence-electron chi connectivity index (χ0n) is 15.6. The molecule has 1 aromatic carbocycles. The quantitative estimate of drug-likeness (QED) is 0.387. The lowest BCUT2D eigenvalue weighted by atomic mass is 10.0. The van der Waals surface area contributed by atoms with Crippen molar-refractivity contribution in [2.45, 2.75) is 52.3 Å². The van der Waals surface area contributed by atoms with E-state index in [4.69, 9.17) is 0 Å². The lowest BCUT2D eigenvalue weighted by Gasteiger charge is -2.20. The highest BCUT2D eigenvalue weighted by Crippen LogP contribution is 2.28. The number of aromatic nitrogens is 2. The molecule has 1 fully saturated rings. The molecule has 1 saturated carbocycles. The molecule has 0 amide bonds. The molecule has 29 heavy (non-hydrogen) atoms. The number of hydrogen-bond acceptors (Lipinski definition) is 8. The SMILES string of the molecule is COC(=O)c1ccccc1S(=O)(=O)c1ccc(S(=O)(=O)C2CCCCC2)[n+]([O-])n1. The topological polar surface area (TPSA) is 134 Å². The standard InChI is InChI=1S/C18H20N2O7S2/c1-27-18(21)14-9-5-6-10-15(14)29(25,26)16-11-12-17(20(22)19-16)28(23,24)13-7-3-2-4-8-13/h5-6,9-13H,2-4,7-8H2,1H3. The average Bonchev–Trinajstić information content (AvgIpc) is 2.73. The van der Waals surface area contributed by atoms with Gasteiger partial charge in [-0.15, -0.1) is 0 Å². The Labute approximate surface area is 168 Å². The molecule has 156 valence electrons. The first kappa shape index (κ1) is 21.2. The zero-order chi connectivity index (χ0) is 21.2. The molecule has 2 aromatic rings. The van der Waals surface area contributed by atoms with Gasteiger partial charge in [0, 0.05) is 11.2 Å². The van der Waals surface area contributed by atoms with Crippen LogP contribution < -0.4 is 4.85 Å². The van der Waals surface area contributed by atoms with E-state index in [1.165, 1.54) is 24.3 Å². The monoisotopic (exact) mass is 440 g/mol. The Balaban J connectivity index is 2.04. The van der Waals surface area contributed by atoms with Crippen LogP contribution in [0.25, 0.3) is 0 Å². The third-order valence-electron chi connectivity index (χ3n) is 4.89. The van der Waals surface area contributed by atoms with Crippen molar-refractivity contribution < 1.29 is 31.2 Å². The Bertz CT molecular complexity index is 1140. The van der Waals surface area contributed by atoms with Gasteiger partial charge in [0.1, 0.15) is 0 Å². The van der Waals surface area contributed by atoms with E-state index in [0.717, 1.165) is 38.5 Å². The van der Waals surface area contributed by atoms with Crippen LogP contribution in [0.2, 0.25) is 0 Å². The predicted molar refractivity (Wildman–Crippen MR) is 100 cm³/mol. The van der Waals surface area contributed by atoms with Crippen molar-refractivity contribution in [3.63, 3.8) is 0 Å². The van der Waals surface area contributed by atoms with Crippen molar-refractivity contribution in [2.75, 3.05) is 7.11 Å². The molecule has 0 saturated heterocycles. The molecule has 0 bridgehead atoms. The Morgan fingerprint density at radius 2 is 1.72 bits per heavy atom. The Morgan fingerprint density at radius 1 is 1.07 bits per heavy atom. The zero-order valence-corrected chi connectivity index (χ0v) is 17.3. The van der Waals surface area contributed by atoms with E-state index in [2.05, 4.69) is 9.84 Å². The van der Waals surface area contributed by atoms with Crippen molar-refractivity contribution in [2.24, 2.45) is 0 Å². The first-order chi connectivity index (χ1) is 13.7. The minimum atomic E-state index is -4.36. The van der Waals surface area contributed by atoms with E-state index in [1.54, 1.807) is 0 Å². The summed E-state index contributed by atoms with van der Waals surface area (Å²) in [4.78, 5) is 11.3. The van der Waals surface area contributed by atoms with Gasteiger partial charge in [-0.05, 0) is 35.9 Å². The van der Waals surface area contributed by atoms with Crippen LogP contribution >= 0.6 is 0 Å². The van der Waals surface area contributed by atoms with Gasteiger partial charge in [0.15, 0.2) is 0 Å². The minimum Gasteiger partial charge on any atom is -0.593 e. The summed E-state index contributed by atoms with van der Waals surface area (Å²) >= 11 is 0. The Hall–Kier alpha value is -2.53. The van der Waals surface area contributed by atoms with Gasteiger partial charge >= 0.3 is 11.0 Å². The smallest absolute Gasteiger partial charge is 0.339 e. The molecule has 0 spiro atoms. The summed E-state index contributed by atoms with van der Waals surface area (Å²) in [5.74, 6) is -0.865. The van der Waals surface area contributed by atoms with Crippen molar-refractivity contribution in [1.29, 1.82) is 0 Å². The number of carbonyl (C=O) groups excluding carboxylic acids is 1.